The quantitative estimate of drug-likeness (QED) is 0.417. The van der Waals surface area contributed by atoms with Gasteiger partial charge in [-0.25, -0.2) is 0 Å². The Morgan fingerprint density at radius 1 is 0.973 bits per heavy atom. The van der Waals surface area contributed by atoms with Crippen LogP contribution in [0.15, 0.2) is 59.1 Å². The zero-order valence-corrected chi connectivity index (χ0v) is 23.9. The first-order valence-electron chi connectivity index (χ1n) is 13.6. The lowest BCUT2D eigenvalue weighted by atomic mass is 9.77. The molecule has 1 saturated carbocycles. The molecular formula is C30H39BrClN3O2. The molecular weight excluding hydrogens is 550 g/mol. The Hall–Kier alpha value is -1.89. The van der Waals surface area contributed by atoms with Crippen LogP contribution in [0.3, 0.4) is 0 Å². The molecule has 3 fully saturated rings. The summed E-state index contributed by atoms with van der Waals surface area (Å²) < 4.78 is 1.06. The van der Waals surface area contributed by atoms with Crippen molar-refractivity contribution in [3.05, 3.63) is 70.2 Å². The number of nitrogens with zero attached hydrogens (tertiary/aromatic N) is 2. The molecule has 1 aliphatic carbocycles. The van der Waals surface area contributed by atoms with Gasteiger partial charge in [-0.15, -0.1) is 12.4 Å². The molecule has 2 aliphatic heterocycles. The molecule has 1 spiro atoms. The molecule has 5 nitrogen and oxygen atoms in total. The standard InChI is InChI=1S/C30H38BrN3O2.ClH/c31-25-12-10-23(11-13-25)22-34-21-17-30(29(34)36)15-19-33(20-16-30)18-14-27(24-6-2-1-3-7-24)28(35)32-26-8-4-5-9-26;/h1-3,6-7,10-13,26-27H,4-5,8-9,14-22H2,(H,32,35);1H. The highest BCUT2D eigenvalue weighted by Gasteiger charge is 2.47. The molecule has 2 heterocycles. The number of rotatable bonds is 8. The molecule has 1 N–H and O–H groups in total. The SMILES string of the molecule is Cl.O=C(NC1CCCC1)C(CCN1CCC2(CC1)CCN(Cc1ccc(Br)cc1)C2=O)c1ccccc1. The van der Waals surface area contributed by atoms with Gasteiger partial charge in [0.25, 0.3) is 0 Å². The second-order valence-corrected chi connectivity index (χ2v) is 11.9. The Labute approximate surface area is 235 Å². The molecule has 37 heavy (non-hydrogen) atoms. The second-order valence-electron chi connectivity index (χ2n) is 11.0. The molecule has 0 bridgehead atoms. The maximum Gasteiger partial charge on any atom is 0.229 e. The van der Waals surface area contributed by atoms with Crippen molar-refractivity contribution < 1.29 is 9.59 Å². The van der Waals surface area contributed by atoms with E-state index in [0.717, 1.165) is 74.7 Å². The van der Waals surface area contributed by atoms with E-state index in [0.29, 0.717) is 18.5 Å². The van der Waals surface area contributed by atoms with Crippen LogP contribution < -0.4 is 5.32 Å². The molecule has 2 amide bonds. The van der Waals surface area contributed by atoms with E-state index in [4.69, 9.17) is 0 Å². The summed E-state index contributed by atoms with van der Waals surface area (Å²) in [5.41, 5.74) is 2.10. The van der Waals surface area contributed by atoms with Crippen molar-refractivity contribution >= 4 is 40.2 Å². The Bertz CT molecular complexity index is 1030. The summed E-state index contributed by atoms with van der Waals surface area (Å²) in [5, 5.41) is 3.33. The molecule has 1 atom stereocenters. The highest BCUT2D eigenvalue weighted by atomic mass is 79.9. The number of carbonyl (C=O) groups excluding carboxylic acids is 2. The summed E-state index contributed by atoms with van der Waals surface area (Å²) in [7, 11) is 0. The largest absolute Gasteiger partial charge is 0.353 e. The van der Waals surface area contributed by atoms with Crippen LogP contribution in [-0.4, -0.2) is 53.8 Å². The van der Waals surface area contributed by atoms with Crippen molar-refractivity contribution in [1.82, 2.24) is 15.1 Å². The molecule has 200 valence electrons. The zero-order valence-electron chi connectivity index (χ0n) is 21.5. The van der Waals surface area contributed by atoms with Gasteiger partial charge in [0.1, 0.15) is 0 Å². The lowest BCUT2D eigenvalue weighted by Crippen LogP contribution is -2.45. The number of carbonyl (C=O) groups is 2. The Kier molecular flexibility index (Phi) is 9.71. The van der Waals surface area contributed by atoms with Gasteiger partial charge in [-0.1, -0.05) is 71.2 Å². The van der Waals surface area contributed by atoms with Crippen LogP contribution in [0, 0.1) is 5.41 Å². The minimum absolute atomic E-state index is 0. The molecule has 2 aromatic carbocycles. The van der Waals surface area contributed by atoms with E-state index in [2.05, 4.69) is 55.3 Å². The summed E-state index contributed by atoms with van der Waals surface area (Å²) in [6.07, 6.45) is 8.28. The van der Waals surface area contributed by atoms with Crippen LogP contribution >= 0.6 is 28.3 Å². The summed E-state index contributed by atoms with van der Waals surface area (Å²) in [4.78, 5) is 31.2. The number of benzene rings is 2. The second kappa shape index (κ2) is 12.8. The minimum Gasteiger partial charge on any atom is -0.353 e. The molecule has 0 aromatic heterocycles. The third-order valence-electron chi connectivity index (χ3n) is 8.66. The summed E-state index contributed by atoms with van der Waals surface area (Å²) in [5.74, 6) is 0.400. The van der Waals surface area contributed by atoms with Crippen LogP contribution in [0.2, 0.25) is 0 Å². The van der Waals surface area contributed by atoms with Crippen molar-refractivity contribution in [1.29, 1.82) is 0 Å². The van der Waals surface area contributed by atoms with Crippen molar-refractivity contribution in [3.63, 3.8) is 0 Å². The van der Waals surface area contributed by atoms with Crippen LogP contribution in [0.5, 0.6) is 0 Å². The lowest BCUT2D eigenvalue weighted by molar-refractivity contribution is -0.138. The van der Waals surface area contributed by atoms with Gasteiger partial charge in [0.2, 0.25) is 11.8 Å². The first kappa shape index (κ1) is 28.1. The van der Waals surface area contributed by atoms with Crippen LogP contribution in [0.4, 0.5) is 0 Å². The average Bonchev–Trinajstić information content (AvgIpc) is 3.51. The lowest BCUT2D eigenvalue weighted by Gasteiger charge is -2.38. The van der Waals surface area contributed by atoms with E-state index < -0.39 is 0 Å². The van der Waals surface area contributed by atoms with Gasteiger partial charge >= 0.3 is 0 Å². The zero-order chi connectivity index (χ0) is 25.0. The smallest absolute Gasteiger partial charge is 0.229 e. The number of piperidine rings is 1. The van der Waals surface area contributed by atoms with E-state index in [9.17, 15) is 9.59 Å². The molecule has 2 aromatic rings. The molecule has 5 rings (SSSR count). The highest BCUT2D eigenvalue weighted by molar-refractivity contribution is 9.10. The van der Waals surface area contributed by atoms with Crippen LogP contribution in [0.1, 0.15) is 68.4 Å². The summed E-state index contributed by atoms with van der Waals surface area (Å²) in [6, 6.07) is 18.9. The topological polar surface area (TPSA) is 52.7 Å². The first-order valence-corrected chi connectivity index (χ1v) is 14.4. The Morgan fingerprint density at radius 2 is 1.62 bits per heavy atom. The number of hydrogen-bond donors (Lipinski definition) is 1. The maximum absolute atomic E-state index is 13.4. The number of hydrogen-bond acceptors (Lipinski definition) is 3. The monoisotopic (exact) mass is 587 g/mol. The van der Waals surface area contributed by atoms with Gasteiger partial charge in [-0.05, 0) is 81.4 Å². The molecule has 7 heteroatoms. The van der Waals surface area contributed by atoms with Crippen molar-refractivity contribution in [3.8, 4) is 0 Å². The van der Waals surface area contributed by atoms with Gasteiger partial charge in [0.05, 0.1) is 11.3 Å². The van der Waals surface area contributed by atoms with Gasteiger partial charge < -0.3 is 15.1 Å². The Balaban J connectivity index is 0.00000320. The van der Waals surface area contributed by atoms with Crippen molar-refractivity contribution in [2.75, 3.05) is 26.2 Å². The predicted octanol–water partition coefficient (Wildman–Crippen LogP) is 5.92. The van der Waals surface area contributed by atoms with Gasteiger partial charge in [-0.3, -0.25) is 9.59 Å². The van der Waals surface area contributed by atoms with Gasteiger partial charge in [0.15, 0.2) is 0 Å². The van der Waals surface area contributed by atoms with Crippen LogP contribution in [-0.2, 0) is 16.1 Å². The molecule has 3 aliphatic rings. The first-order chi connectivity index (χ1) is 17.5. The summed E-state index contributed by atoms with van der Waals surface area (Å²) >= 11 is 3.49. The predicted molar refractivity (Wildman–Crippen MR) is 154 cm³/mol. The third kappa shape index (κ3) is 6.76. The number of nitrogens with one attached hydrogen (secondary N) is 1. The fraction of sp³-hybridized carbons (Fsp3) is 0.533. The van der Waals surface area contributed by atoms with E-state index in [1.807, 2.05) is 30.3 Å². The normalized spacial score (nSPS) is 20.7. The number of likely N-dealkylation sites (tertiary alicyclic amines) is 2. The average molecular weight is 589 g/mol. The molecule has 0 radical (unpaired) electrons. The molecule has 1 unspecified atom stereocenters. The van der Waals surface area contributed by atoms with Crippen molar-refractivity contribution in [2.45, 2.75) is 69.9 Å². The number of amides is 2. The van der Waals surface area contributed by atoms with E-state index in [1.165, 1.54) is 18.4 Å². The van der Waals surface area contributed by atoms with E-state index >= 15 is 0 Å². The summed E-state index contributed by atoms with van der Waals surface area (Å²) in [6.45, 7) is 4.32. The van der Waals surface area contributed by atoms with E-state index in [1.54, 1.807) is 0 Å². The van der Waals surface area contributed by atoms with E-state index in [-0.39, 0.29) is 29.6 Å². The van der Waals surface area contributed by atoms with Crippen molar-refractivity contribution in [2.24, 2.45) is 5.41 Å². The minimum atomic E-state index is -0.190. The maximum atomic E-state index is 13.4. The fourth-order valence-electron chi connectivity index (χ4n) is 6.34. The number of halogens is 2. The molecule has 2 saturated heterocycles. The fourth-order valence-corrected chi connectivity index (χ4v) is 6.60. The van der Waals surface area contributed by atoms with Gasteiger partial charge in [-0.2, -0.15) is 0 Å². The Morgan fingerprint density at radius 3 is 2.30 bits per heavy atom. The highest BCUT2D eigenvalue weighted by Crippen LogP contribution is 2.42. The van der Waals surface area contributed by atoms with Crippen LogP contribution in [0.25, 0.3) is 0 Å². The third-order valence-corrected chi connectivity index (χ3v) is 9.18. The van der Waals surface area contributed by atoms with Gasteiger partial charge in [0, 0.05) is 23.6 Å².